The van der Waals surface area contributed by atoms with Gasteiger partial charge in [0.05, 0.1) is 17.8 Å². The Morgan fingerprint density at radius 1 is 1.32 bits per heavy atom. The van der Waals surface area contributed by atoms with Crippen LogP contribution in [0.25, 0.3) is 0 Å². The van der Waals surface area contributed by atoms with Crippen LogP contribution in [0.1, 0.15) is 47.3 Å². The molecule has 2 atom stereocenters. The molecule has 0 radical (unpaired) electrons. The zero-order valence-corrected chi connectivity index (χ0v) is 12.4. The number of aromatic amines is 1. The number of carbonyl (C=O) groups is 2. The van der Waals surface area contributed by atoms with E-state index in [1.165, 1.54) is 0 Å². The molecule has 0 amide bonds. The van der Waals surface area contributed by atoms with Gasteiger partial charge in [-0.15, -0.1) is 0 Å². The molecule has 0 bridgehead atoms. The van der Waals surface area contributed by atoms with Gasteiger partial charge in [-0.25, -0.2) is 0 Å². The smallest absolute Gasteiger partial charge is 0.315 e. The minimum atomic E-state index is -0.789. The largest absolute Gasteiger partial charge is 0.454 e. The minimum Gasteiger partial charge on any atom is -0.454 e. The lowest BCUT2D eigenvalue weighted by atomic mass is 9.88. The second-order valence-corrected chi connectivity index (χ2v) is 5.56. The highest BCUT2D eigenvalue weighted by Crippen LogP contribution is 2.31. The molecular formula is C17H18N2O3. The zero-order chi connectivity index (χ0) is 15.5. The van der Waals surface area contributed by atoms with Gasteiger partial charge in [-0.05, 0) is 31.7 Å². The summed E-state index contributed by atoms with van der Waals surface area (Å²) in [5, 5.41) is 6.89. The van der Waals surface area contributed by atoms with E-state index in [1.54, 1.807) is 37.4 Å². The molecule has 22 heavy (non-hydrogen) atoms. The highest BCUT2D eigenvalue weighted by atomic mass is 16.5. The highest BCUT2D eigenvalue weighted by molar-refractivity contribution is 6.00. The molecule has 2 unspecified atom stereocenters. The monoisotopic (exact) mass is 298 g/mol. The molecule has 0 saturated heterocycles. The van der Waals surface area contributed by atoms with Gasteiger partial charge < -0.3 is 4.74 Å². The van der Waals surface area contributed by atoms with E-state index < -0.39 is 6.10 Å². The van der Waals surface area contributed by atoms with Crippen LogP contribution in [0.15, 0.2) is 36.5 Å². The number of ketones is 1. The Balaban J connectivity index is 1.69. The molecule has 5 nitrogen and oxygen atoms in total. The fourth-order valence-corrected chi connectivity index (χ4v) is 2.85. The van der Waals surface area contributed by atoms with E-state index in [0.29, 0.717) is 5.56 Å². The Morgan fingerprint density at radius 2 is 2.09 bits per heavy atom. The van der Waals surface area contributed by atoms with Crippen molar-refractivity contribution in [3.63, 3.8) is 0 Å². The molecule has 1 aromatic heterocycles. The van der Waals surface area contributed by atoms with Crippen LogP contribution in [-0.2, 0) is 16.0 Å². The fraction of sp³-hybridized carbons (Fsp3) is 0.353. The minimum absolute atomic E-state index is 0.186. The number of ether oxygens (including phenoxy) is 1. The van der Waals surface area contributed by atoms with E-state index in [1.807, 2.05) is 6.07 Å². The first kappa shape index (κ1) is 14.5. The van der Waals surface area contributed by atoms with Crippen LogP contribution in [0.5, 0.6) is 0 Å². The zero-order valence-electron chi connectivity index (χ0n) is 12.4. The average Bonchev–Trinajstić information content (AvgIpc) is 3.03. The normalized spacial score (nSPS) is 18.3. The molecule has 3 rings (SSSR count). The second kappa shape index (κ2) is 6.13. The Bertz CT molecular complexity index is 678. The molecule has 1 aliphatic carbocycles. The van der Waals surface area contributed by atoms with Crippen LogP contribution >= 0.6 is 0 Å². The molecular weight excluding hydrogens is 280 g/mol. The first-order valence-electron chi connectivity index (χ1n) is 7.48. The summed E-state index contributed by atoms with van der Waals surface area (Å²) in [6, 6.07) is 8.87. The van der Waals surface area contributed by atoms with E-state index in [0.717, 1.165) is 30.5 Å². The number of carbonyl (C=O) groups excluding carboxylic acids is 2. The summed E-state index contributed by atoms with van der Waals surface area (Å²) >= 11 is 0. The molecule has 1 heterocycles. The van der Waals surface area contributed by atoms with Crippen LogP contribution in [0.2, 0.25) is 0 Å². The molecule has 114 valence electrons. The SMILES string of the molecule is CC(OC(=O)C1CCCc2cn[nH]c21)C(=O)c1ccccc1. The summed E-state index contributed by atoms with van der Waals surface area (Å²) in [7, 11) is 0. The summed E-state index contributed by atoms with van der Waals surface area (Å²) < 4.78 is 5.40. The Hall–Kier alpha value is -2.43. The van der Waals surface area contributed by atoms with Gasteiger partial charge in [-0.1, -0.05) is 30.3 Å². The van der Waals surface area contributed by atoms with E-state index in [9.17, 15) is 9.59 Å². The molecule has 2 aromatic rings. The summed E-state index contributed by atoms with van der Waals surface area (Å²) in [5.41, 5.74) is 2.44. The number of nitrogens with zero attached hydrogens (tertiary/aromatic N) is 1. The van der Waals surface area contributed by atoms with Crippen LogP contribution in [-0.4, -0.2) is 28.1 Å². The maximum Gasteiger partial charge on any atom is 0.315 e. The Kier molecular flexibility index (Phi) is 4.04. The third-order valence-electron chi connectivity index (χ3n) is 4.04. The lowest BCUT2D eigenvalue weighted by molar-refractivity contribution is -0.148. The number of hydrogen-bond acceptors (Lipinski definition) is 4. The number of H-pyrrole nitrogens is 1. The van der Waals surface area contributed by atoms with Crippen molar-refractivity contribution in [3.05, 3.63) is 53.3 Å². The lowest BCUT2D eigenvalue weighted by Crippen LogP contribution is -2.29. The average molecular weight is 298 g/mol. The van der Waals surface area contributed by atoms with Crippen molar-refractivity contribution in [3.8, 4) is 0 Å². The van der Waals surface area contributed by atoms with Crippen molar-refractivity contribution in [1.29, 1.82) is 0 Å². The predicted octanol–water partition coefficient (Wildman–Crippen LogP) is 2.64. The van der Waals surface area contributed by atoms with Crippen LogP contribution in [0, 0.1) is 0 Å². The van der Waals surface area contributed by atoms with Gasteiger partial charge in [-0.3, -0.25) is 14.7 Å². The van der Waals surface area contributed by atoms with Gasteiger partial charge in [0.1, 0.15) is 0 Å². The Labute approximate surface area is 128 Å². The van der Waals surface area contributed by atoms with Crippen molar-refractivity contribution in [1.82, 2.24) is 10.2 Å². The number of esters is 1. The maximum absolute atomic E-state index is 12.4. The number of rotatable bonds is 4. The molecule has 5 heteroatoms. The van der Waals surface area contributed by atoms with Gasteiger partial charge >= 0.3 is 5.97 Å². The summed E-state index contributed by atoms with van der Waals surface area (Å²) in [4.78, 5) is 24.6. The molecule has 1 N–H and O–H groups in total. The summed E-state index contributed by atoms with van der Waals surface area (Å²) in [5.74, 6) is -0.895. The predicted molar refractivity (Wildman–Crippen MR) is 80.6 cm³/mol. The first-order valence-corrected chi connectivity index (χ1v) is 7.48. The lowest BCUT2D eigenvalue weighted by Gasteiger charge is -2.22. The topological polar surface area (TPSA) is 72.0 Å². The standard InChI is InChI=1S/C17H18N2O3/c1-11(16(20)12-6-3-2-4-7-12)22-17(21)14-9-5-8-13-10-18-19-15(13)14/h2-4,6-7,10-11,14H,5,8-9H2,1H3,(H,18,19). The van der Waals surface area contributed by atoms with Crippen molar-refractivity contribution in [2.45, 2.75) is 38.2 Å². The maximum atomic E-state index is 12.4. The van der Waals surface area contributed by atoms with Gasteiger partial charge in [-0.2, -0.15) is 5.10 Å². The summed E-state index contributed by atoms with van der Waals surface area (Å²) in [6.07, 6.45) is 3.54. The Morgan fingerprint density at radius 3 is 2.86 bits per heavy atom. The van der Waals surface area contributed by atoms with Crippen molar-refractivity contribution in [2.75, 3.05) is 0 Å². The van der Waals surface area contributed by atoms with E-state index in [4.69, 9.17) is 4.74 Å². The molecule has 0 aliphatic heterocycles. The fourth-order valence-electron chi connectivity index (χ4n) is 2.85. The molecule has 0 fully saturated rings. The van der Waals surface area contributed by atoms with Crippen molar-refractivity contribution < 1.29 is 14.3 Å². The number of hydrogen-bond donors (Lipinski definition) is 1. The number of benzene rings is 1. The number of nitrogens with one attached hydrogen (secondary N) is 1. The second-order valence-electron chi connectivity index (χ2n) is 5.56. The van der Waals surface area contributed by atoms with Gasteiger partial charge in [0.2, 0.25) is 5.78 Å². The van der Waals surface area contributed by atoms with E-state index in [2.05, 4.69) is 10.2 Å². The molecule has 0 saturated carbocycles. The van der Waals surface area contributed by atoms with E-state index in [-0.39, 0.29) is 17.7 Å². The first-order chi connectivity index (χ1) is 10.7. The molecule has 1 aliphatic rings. The van der Waals surface area contributed by atoms with Gasteiger partial charge in [0, 0.05) is 5.56 Å². The van der Waals surface area contributed by atoms with Crippen molar-refractivity contribution >= 4 is 11.8 Å². The number of fused-ring (bicyclic) bond motifs is 1. The van der Waals surface area contributed by atoms with E-state index >= 15 is 0 Å². The van der Waals surface area contributed by atoms with Crippen molar-refractivity contribution in [2.24, 2.45) is 0 Å². The third kappa shape index (κ3) is 2.79. The van der Waals surface area contributed by atoms with Crippen LogP contribution in [0.3, 0.4) is 0 Å². The molecule has 0 spiro atoms. The quantitative estimate of drug-likeness (QED) is 0.695. The molecule has 1 aromatic carbocycles. The number of aryl methyl sites for hydroxylation is 1. The van der Waals surface area contributed by atoms with Gasteiger partial charge in [0.15, 0.2) is 6.10 Å². The van der Waals surface area contributed by atoms with Gasteiger partial charge in [0.25, 0.3) is 0 Å². The third-order valence-corrected chi connectivity index (χ3v) is 4.04. The van der Waals surface area contributed by atoms with Crippen LogP contribution in [0.4, 0.5) is 0 Å². The number of aromatic nitrogens is 2. The summed E-state index contributed by atoms with van der Waals surface area (Å²) in [6.45, 7) is 1.62. The highest BCUT2D eigenvalue weighted by Gasteiger charge is 2.31. The number of Topliss-reactive ketones (excluding diaryl/α,β-unsaturated/α-hetero) is 1. The van der Waals surface area contributed by atoms with Crippen LogP contribution < -0.4 is 0 Å².